The van der Waals surface area contributed by atoms with Gasteiger partial charge in [-0.1, -0.05) is 23.9 Å². The van der Waals surface area contributed by atoms with E-state index in [-0.39, 0.29) is 28.7 Å². The van der Waals surface area contributed by atoms with Gasteiger partial charge in [0, 0.05) is 13.1 Å². The molecule has 0 bridgehead atoms. The Morgan fingerprint density at radius 1 is 1.43 bits per heavy atom. The first-order chi connectivity index (χ1) is 10.9. The maximum Gasteiger partial charge on any atom is 0.233 e. The summed E-state index contributed by atoms with van der Waals surface area (Å²) < 4.78 is 24.9. The summed E-state index contributed by atoms with van der Waals surface area (Å²) in [6.07, 6.45) is 0.498. The molecule has 1 aromatic heterocycles. The molecule has 6 nitrogen and oxygen atoms in total. The highest BCUT2D eigenvalue weighted by Gasteiger charge is 2.30. The lowest BCUT2D eigenvalue weighted by molar-refractivity contribution is -0.120. The number of carbonyl (C=O) groups is 1. The van der Waals surface area contributed by atoms with Crippen LogP contribution in [0.25, 0.3) is 11.0 Å². The third-order valence-electron chi connectivity index (χ3n) is 3.98. The number of nitrogens with one attached hydrogen (secondary N) is 1. The average Bonchev–Trinajstić information content (AvgIpc) is 3.00. The van der Waals surface area contributed by atoms with E-state index in [4.69, 9.17) is 0 Å². The van der Waals surface area contributed by atoms with Crippen LogP contribution in [0.1, 0.15) is 13.3 Å². The maximum atomic E-state index is 12.3. The van der Waals surface area contributed by atoms with Crippen LogP contribution in [0.15, 0.2) is 29.4 Å². The molecule has 2 aromatic rings. The van der Waals surface area contributed by atoms with Crippen molar-refractivity contribution in [2.24, 2.45) is 7.05 Å². The Balaban J connectivity index is 1.67. The Hall–Kier alpha value is -1.54. The fourth-order valence-corrected chi connectivity index (χ4v) is 5.24. The second-order valence-electron chi connectivity index (χ2n) is 5.81. The van der Waals surface area contributed by atoms with Gasteiger partial charge < -0.3 is 9.88 Å². The van der Waals surface area contributed by atoms with Gasteiger partial charge in [-0.05, 0) is 25.5 Å². The highest BCUT2D eigenvalue weighted by Crippen LogP contribution is 2.26. The molecule has 1 aromatic carbocycles. The molecule has 3 rings (SSSR count). The van der Waals surface area contributed by atoms with Crippen LogP contribution in [0.4, 0.5) is 0 Å². The first-order valence-electron chi connectivity index (χ1n) is 7.44. The predicted octanol–water partition coefficient (Wildman–Crippen LogP) is 1.36. The normalized spacial score (nSPS) is 21.4. The number of hydrogen-bond donors (Lipinski definition) is 1. The number of aryl methyl sites for hydroxylation is 1. The number of carbonyl (C=O) groups excluding carboxylic acids is 1. The molecule has 0 spiro atoms. The van der Waals surface area contributed by atoms with Gasteiger partial charge in [-0.2, -0.15) is 0 Å². The Kier molecular flexibility index (Phi) is 4.37. The van der Waals surface area contributed by atoms with Crippen LogP contribution in [0.5, 0.6) is 0 Å². The van der Waals surface area contributed by atoms with E-state index in [1.807, 2.05) is 42.8 Å². The first-order valence-corrected chi connectivity index (χ1v) is 10.1. The van der Waals surface area contributed by atoms with E-state index in [0.717, 1.165) is 16.2 Å². The van der Waals surface area contributed by atoms with Crippen molar-refractivity contribution in [3.63, 3.8) is 0 Å². The molecule has 2 unspecified atom stereocenters. The molecule has 1 aliphatic rings. The smallest absolute Gasteiger partial charge is 0.233 e. The van der Waals surface area contributed by atoms with Crippen LogP contribution in [0.2, 0.25) is 0 Å². The Labute approximate surface area is 139 Å². The van der Waals surface area contributed by atoms with Crippen LogP contribution < -0.4 is 5.32 Å². The van der Waals surface area contributed by atoms with Gasteiger partial charge in [-0.15, -0.1) is 0 Å². The lowest BCUT2D eigenvalue weighted by atomic mass is 10.2. The van der Waals surface area contributed by atoms with E-state index < -0.39 is 9.84 Å². The average molecular weight is 353 g/mol. The van der Waals surface area contributed by atoms with E-state index in [0.29, 0.717) is 6.42 Å². The number of rotatable bonds is 4. The van der Waals surface area contributed by atoms with Crippen LogP contribution in [-0.2, 0) is 21.7 Å². The van der Waals surface area contributed by atoms with Crippen LogP contribution in [0.3, 0.4) is 0 Å². The predicted molar refractivity (Wildman–Crippen MR) is 91.2 cm³/mol. The molecule has 1 amide bonds. The largest absolute Gasteiger partial charge is 0.351 e. The van der Waals surface area contributed by atoms with Crippen LogP contribution in [-0.4, -0.2) is 46.7 Å². The molecule has 124 valence electrons. The maximum absolute atomic E-state index is 12.3. The minimum Gasteiger partial charge on any atom is -0.351 e. The fraction of sp³-hybridized carbons (Fsp3) is 0.467. The third kappa shape index (κ3) is 3.53. The highest BCUT2D eigenvalue weighted by atomic mass is 32.2. The summed E-state index contributed by atoms with van der Waals surface area (Å²) in [6, 6.07) is 7.54. The molecule has 1 N–H and O–H groups in total. The van der Waals surface area contributed by atoms with Gasteiger partial charge in [0.1, 0.15) is 0 Å². The van der Waals surface area contributed by atoms with Crippen molar-refractivity contribution in [2.45, 2.75) is 29.8 Å². The quantitative estimate of drug-likeness (QED) is 0.840. The summed E-state index contributed by atoms with van der Waals surface area (Å²) in [5, 5.41) is 3.26. The van der Waals surface area contributed by atoms with E-state index >= 15 is 0 Å². The van der Waals surface area contributed by atoms with Crippen molar-refractivity contribution in [3.05, 3.63) is 24.3 Å². The van der Waals surface area contributed by atoms with Gasteiger partial charge in [0.15, 0.2) is 15.0 Å². The zero-order chi connectivity index (χ0) is 16.6. The number of fused-ring (bicyclic) bond motifs is 1. The number of nitrogens with zero attached hydrogens (tertiary/aromatic N) is 2. The third-order valence-corrected chi connectivity index (χ3v) is 6.89. The van der Waals surface area contributed by atoms with Crippen LogP contribution >= 0.6 is 11.8 Å². The SMILES string of the molecule is CC(Sc1nc2ccccc2n1C)C(=O)NC1CCS(=O)(=O)C1. The fourth-order valence-electron chi connectivity index (χ4n) is 2.67. The van der Waals surface area contributed by atoms with Crippen molar-refractivity contribution in [2.75, 3.05) is 11.5 Å². The van der Waals surface area contributed by atoms with Crippen molar-refractivity contribution in [3.8, 4) is 0 Å². The standard InChI is InChI=1S/C15H19N3O3S2/c1-10(14(19)16-11-7-8-23(20,21)9-11)22-15-17-12-5-3-4-6-13(12)18(15)2/h3-6,10-11H,7-9H2,1-2H3,(H,16,19). The van der Waals surface area contributed by atoms with Gasteiger partial charge in [-0.3, -0.25) is 4.79 Å². The molecule has 0 saturated carbocycles. The van der Waals surface area contributed by atoms with Crippen LogP contribution in [0, 0.1) is 0 Å². The van der Waals surface area contributed by atoms with Gasteiger partial charge in [0.2, 0.25) is 5.91 Å². The van der Waals surface area contributed by atoms with Crippen molar-refractivity contribution >= 4 is 38.5 Å². The number of thioether (sulfide) groups is 1. The lowest BCUT2D eigenvalue weighted by Crippen LogP contribution is -2.40. The van der Waals surface area contributed by atoms with Gasteiger partial charge >= 0.3 is 0 Å². The lowest BCUT2D eigenvalue weighted by Gasteiger charge is -2.15. The minimum absolute atomic E-state index is 0.0441. The van der Waals surface area contributed by atoms with Crippen molar-refractivity contribution in [1.29, 1.82) is 0 Å². The molecule has 1 fully saturated rings. The molecule has 0 radical (unpaired) electrons. The summed E-state index contributed by atoms with van der Waals surface area (Å²) in [5.74, 6) is 0.0521. The first kappa shape index (κ1) is 16.3. The molecule has 0 aliphatic carbocycles. The summed E-state index contributed by atoms with van der Waals surface area (Å²) >= 11 is 1.38. The van der Waals surface area contributed by atoms with E-state index in [2.05, 4.69) is 10.3 Å². The topological polar surface area (TPSA) is 81.1 Å². The molecule has 8 heteroatoms. The Morgan fingerprint density at radius 3 is 2.83 bits per heavy atom. The molecule has 2 heterocycles. The minimum atomic E-state index is -2.99. The Bertz CT molecular complexity index is 845. The summed E-state index contributed by atoms with van der Waals surface area (Å²) in [5.41, 5.74) is 1.91. The Morgan fingerprint density at radius 2 is 2.17 bits per heavy atom. The molecule has 2 atom stereocenters. The van der Waals surface area contributed by atoms with Crippen molar-refractivity contribution in [1.82, 2.24) is 14.9 Å². The number of hydrogen-bond acceptors (Lipinski definition) is 5. The zero-order valence-electron chi connectivity index (χ0n) is 13.0. The number of aromatic nitrogens is 2. The number of sulfone groups is 1. The summed E-state index contributed by atoms with van der Waals surface area (Å²) in [4.78, 5) is 16.8. The van der Waals surface area contributed by atoms with Gasteiger partial charge in [0.05, 0.1) is 27.8 Å². The monoisotopic (exact) mass is 353 g/mol. The number of para-hydroxylation sites is 2. The summed E-state index contributed by atoms with van der Waals surface area (Å²) in [6.45, 7) is 1.81. The van der Waals surface area contributed by atoms with E-state index in [1.54, 1.807) is 0 Å². The zero-order valence-corrected chi connectivity index (χ0v) is 14.7. The van der Waals surface area contributed by atoms with Gasteiger partial charge in [0.25, 0.3) is 0 Å². The molecule has 23 heavy (non-hydrogen) atoms. The highest BCUT2D eigenvalue weighted by molar-refractivity contribution is 8.00. The number of benzene rings is 1. The van der Waals surface area contributed by atoms with E-state index in [1.165, 1.54) is 11.8 Å². The molecule has 1 aliphatic heterocycles. The molecular weight excluding hydrogens is 334 g/mol. The molecular formula is C15H19N3O3S2. The van der Waals surface area contributed by atoms with Gasteiger partial charge in [-0.25, -0.2) is 13.4 Å². The molecule has 1 saturated heterocycles. The number of amides is 1. The second-order valence-corrected chi connectivity index (χ2v) is 9.35. The van der Waals surface area contributed by atoms with E-state index in [9.17, 15) is 13.2 Å². The summed E-state index contributed by atoms with van der Waals surface area (Å²) in [7, 11) is -1.07. The van der Waals surface area contributed by atoms with Crippen molar-refractivity contribution < 1.29 is 13.2 Å². The number of imidazole rings is 1. The second kappa shape index (κ2) is 6.16.